The maximum Gasteiger partial charge on any atom is 0.336 e. The molecule has 1 spiro atoms. The van der Waals surface area contributed by atoms with Crippen molar-refractivity contribution >= 4 is 22.9 Å². The van der Waals surface area contributed by atoms with E-state index in [1.165, 1.54) is 5.56 Å². The van der Waals surface area contributed by atoms with E-state index < -0.39 is 5.97 Å². The average molecular weight is 446 g/mol. The molecule has 1 saturated heterocycles. The van der Waals surface area contributed by atoms with Gasteiger partial charge in [-0.05, 0) is 75.6 Å². The third-order valence-corrected chi connectivity index (χ3v) is 7.48. The fraction of sp³-hybridized carbons (Fsp3) is 0.407. The molecule has 6 rings (SSSR count). The standard InChI is InChI=1S/C27H27NO5/c1-15-7-8-22(31-14-17-12-27(13-17)9-10-32-27)23-19(26(29)30)11-20(28-24(15)23)25-16(2)18-5-3-4-6-21(18)33-25/h4,6-8,11,17H,3,5,9-10,12-14H2,1-2H3,(H,29,30). The summed E-state index contributed by atoms with van der Waals surface area (Å²) >= 11 is 0. The fourth-order valence-electron chi connectivity index (χ4n) is 5.56. The first-order chi connectivity index (χ1) is 15.9. The molecular weight excluding hydrogens is 418 g/mol. The number of aromatic nitrogens is 1. The van der Waals surface area contributed by atoms with E-state index in [2.05, 4.69) is 6.08 Å². The zero-order valence-electron chi connectivity index (χ0n) is 18.9. The number of fused-ring (bicyclic) bond motifs is 2. The van der Waals surface area contributed by atoms with Gasteiger partial charge < -0.3 is 19.0 Å². The Morgan fingerprint density at radius 2 is 2.12 bits per heavy atom. The molecule has 0 bridgehead atoms. The number of carbonyl (C=O) groups is 1. The van der Waals surface area contributed by atoms with E-state index >= 15 is 0 Å². The highest BCUT2D eigenvalue weighted by atomic mass is 16.5. The molecule has 0 radical (unpaired) electrons. The van der Waals surface area contributed by atoms with E-state index in [-0.39, 0.29) is 11.2 Å². The van der Waals surface area contributed by atoms with Gasteiger partial charge in [0.05, 0.1) is 35.3 Å². The molecule has 2 aromatic heterocycles. The molecule has 3 aliphatic rings. The second-order valence-electron chi connectivity index (χ2n) is 9.67. The Morgan fingerprint density at radius 3 is 2.82 bits per heavy atom. The second-order valence-corrected chi connectivity index (χ2v) is 9.67. The number of hydrogen-bond donors (Lipinski definition) is 1. The molecule has 33 heavy (non-hydrogen) atoms. The summed E-state index contributed by atoms with van der Waals surface area (Å²) in [6.07, 6.45) is 9.16. The van der Waals surface area contributed by atoms with Crippen molar-refractivity contribution in [3.63, 3.8) is 0 Å². The van der Waals surface area contributed by atoms with Gasteiger partial charge >= 0.3 is 5.97 Å². The van der Waals surface area contributed by atoms with Gasteiger partial charge in [-0.1, -0.05) is 12.1 Å². The molecule has 3 aromatic rings. The highest BCUT2D eigenvalue weighted by Gasteiger charge is 2.50. The molecule has 1 aromatic carbocycles. The van der Waals surface area contributed by atoms with Crippen molar-refractivity contribution in [2.45, 2.75) is 51.6 Å². The minimum absolute atomic E-state index is 0.0985. The SMILES string of the molecule is Cc1c(-c2cc(C(=O)O)c3c(OCC4CC5(CCO5)C4)ccc(C)c3n2)oc2c1CCC=C2. The number of allylic oxidation sites excluding steroid dienone is 1. The van der Waals surface area contributed by atoms with Gasteiger partial charge in [0.15, 0.2) is 5.76 Å². The molecule has 1 N–H and O–H groups in total. The van der Waals surface area contributed by atoms with E-state index in [0.29, 0.717) is 40.6 Å². The number of rotatable bonds is 5. The average Bonchev–Trinajstić information content (AvgIpc) is 3.09. The predicted octanol–water partition coefficient (Wildman–Crippen LogP) is 5.72. The largest absolute Gasteiger partial charge is 0.493 e. The monoisotopic (exact) mass is 445 g/mol. The molecule has 3 heterocycles. The molecular formula is C27H27NO5. The van der Waals surface area contributed by atoms with Crippen LogP contribution in [0.4, 0.5) is 0 Å². The van der Waals surface area contributed by atoms with E-state index in [1.54, 1.807) is 6.07 Å². The number of hydrogen-bond acceptors (Lipinski definition) is 5. The van der Waals surface area contributed by atoms with Crippen molar-refractivity contribution < 1.29 is 23.8 Å². The Labute approximate surface area is 192 Å². The topological polar surface area (TPSA) is 81.8 Å². The predicted molar refractivity (Wildman–Crippen MR) is 125 cm³/mol. The zero-order valence-corrected chi connectivity index (χ0v) is 18.9. The van der Waals surface area contributed by atoms with E-state index in [1.807, 2.05) is 32.1 Å². The maximum atomic E-state index is 12.3. The molecule has 170 valence electrons. The summed E-state index contributed by atoms with van der Waals surface area (Å²) in [7, 11) is 0. The van der Waals surface area contributed by atoms with Crippen LogP contribution in [0, 0.1) is 19.8 Å². The molecule has 1 saturated carbocycles. The first-order valence-electron chi connectivity index (χ1n) is 11.7. The quantitative estimate of drug-likeness (QED) is 0.541. The van der Waals surface area contributed by atoms with Crippen LogP contribution in [0.25, 0.3) is 28.4 Å². The van der Waals surface area contributed by atoms with Crippen molar-refractivity contribution in [2.75, 3.05) is 13.2 Å². The Kier molecular flexibility index (Phi) is 4.63. The molecule has 2 aliphatic carbocycles. The van der Waals surface area contributed by atoms with Crippen LogP contribution in [0.15, 0.2) is 28.7 Å². The third kappa shape index (κ3) is 3.27. The van der Waals surface area contributed by atoms with Crippen LogP contribution in [-0.4, -0.2) is 34.9 Å². The van der Waals surface area contributed by atoms with E-state index in [9.17, 15) is 9.90 Å². The molecule has 6 nitrogen and oxygen atoms in total. The van der Waals surface area contributed by atoms with Crippen LogP contribution < -0.4 is 4.74 Å². The van der Waals surface area contributed by atoms with Crippen LogP contribution in [0.2, 0.25) is 0 Å². The Hall–Kier alpha value is -3.12. The number of aromatic carboxylic acids is 1. The van der Waals surface area contributed by atoms with Crippen molar-refractivity contribution in [2.24, 2.45) is 5.92 Å². The summed E-state index contributed by atoms with van der Waals surface area (Å²) in [5.74, 6) is 1.49. The number of carboxylic acids is 1. The molecule has 2 fully saturated rings. The molecule has 0 unspecified atom stereocenters. The van der Waals surface area contributed by atoms with Gasteiger partial charge in [0.25, 0.3) is 0 Å². The molecule has 0 amide bonds. The molecule has 0 atom stereocenters. The van der Waals surface area contributed by atoms with Crippen LogP contribution in [0.5, 0.6) is 5.75 Å². The number of ether oxygens (including phenoxy) is 2. The van der Waals surface area contributed by atoms with Crippen molar-refractivity contribution in [3.05, 3.63) is 52.3 Å². The highest BCUT2D eigenvalue weighted by molar-refractivity contribution is 6.07. The number of furan rings is 1. The normalized spacial score (nSPS) is 23.3. The lowest BCUT2D eigenvalue weighted by atomic mass is 9.67. The minimum atomic E-state index is -1.00. The van der Waals surface area contributed by atoms with Crippen molar-refractivity contribution in [1.29, 1.82) is 0 Å². The van der Waals surface area contributed by atoms with Crippen molar-refractivity contribution in [1.82, 2.24) is 4.98 Å². The van der Waals surface area contributed by atoms with Crippen LogP contribution in [0.1, 0.15) is 58.5 Å². The van der Waals surface area contributed by atoms with Crippen LogP contribution in [-0.2, 0) is 11.2 Å². The summed E-state index contributed by atoms with van der Waals surface area (Å²) in [4.78, 5) is 17.2. The smallest absolute Gasteiger partial charge is 0.336 e. The number of carboxylic acid groups (broad SMARTS) is 1. The van der Waals surface area contributed by atoms with Gasteiger partial charge in [0.2, 0.25) is 0 Å². The molecule has 6 heteroatoms. The van der Waals surface area contributed by atoms with E-state index in [0.717, 1.165) is 55.6 Å². The lowest BCUT2D eigenvalue weighted by molar-refractivity contribution is -0.216. The van der Waals surface area contributed by atoms with Crippen LogP contribution >= 0.6 is 0 Å². The lowest BCUT2D eigenvalue weighted by Gasteiger charge is -2.53. The van der Waals surface area contributed by atoms with E-state index in [4.69, 9.17) is 18.9 Å². The van der Waals surface area contributed by atoms with Gasteiger partial charge in [-0.15, -0.1) is 0 Å². The molecule has 1 aliphatic heterocycles. The number of pyridine rings is 1. The number of aryl methyl sites for hydroxylation is 1. The summed E-state index contributed by atoms with van der Waals surface area (Å²) in [5.41, 5.74) is 4.57. The van der Waals surface area contributed by atoms with Gasteiger partial charge in [0.1, 0.15) is 17.2 Å². The first kappa shape index (κ1) is 20.5. The van der Waals surface area contributed by atoms with Gasteiger partial charge in [-0.25, -0.2) is 9.78 Å². The van der Waals surface area contributed by atoms with Crippen molar-refractivity contribution in [3.8, 4) is 17.2 Å². The summed E-state index contributed by atoms with van der Waals surface area (Å²) in [6.45, 7) is 5.38. The van der Waals surface area contributed by atoms with Gasteiger partial charge in [0, 0.05) is 11.1 Å². The highest BCUT2D eigenvalue weighted by Crippen LogP contribution is 2.48. The zero-order chi connectivity index (χ0) is 22.7. The van der Waals surface area contributed by atoms with Gasteiger partial charge in [-0.2, -0.15) is 0 Å². The number of benzene rings is 1. The second kappa shape index (κ2) is 7.45. The van der Waals surface area contributed by atoms with Crippen LogP contribution in [0.3, 0.4) is 0 Å². The van der Waals surface area contributed by atoms with Gasteiger partial charge in [-0.3, -0.25) is 0 Å². The summed E-state index contributed by atoms with van der Waals surface area (Å²) in [5, 5.41) is 10.7. The summed E-state index contributed by atoms with van der Waals surface area (Å²) < 4.78 is 18.0. The maximum absolute atomic E-state index is 12.3. The lowest BCUT2D eigenvalue weighted by Crippen LogP contribution is -2.55. The number of nitrogens with zero attached hydrogens (tertiary/aromatic N) is 1. The Bertz CT molecular complexity index is 1310. The first-order valence-corrected chi connectivity index (χ1v) is 11.7. The fourth-order valence-corrected chi connectivity index (χ4v) is 5.56. The Morgan fingerprint density at radius 1 is 1.30 bits per heavy atom. The Balaban J connectivity index is 1.39. The summed E-state index contributed by atoms with van der Waals surface area (Å²) in [6, 6.07) is 5.43. The minimum Gasteiger partial charge on any atom is -0.493 e. The third-order valence-electron chi connectivity index (χ3n) is 7.48.